The third-order valence-corrected chi connectivity index (χ3v) is 5.00. The maximum Gasteiger partial charge on any atom is 0.205 e. The Labute approximate surface area is 192 Å². The second-order valence-corrected chi connectivity index (χ2v) is 7.01. The number of aromatic nitrogens is 1. The summed E-state index contributed by atoms with van der Waals surface area (Å²) in [4.78, 5) is 4.79. The van der Waals surface area contributed by atoms with Crippen molar-refractivity contribution in [3.8, 4) is 17.2 Å². The summed E-state index contributed by atoms with van der Waals surface area (Å²) >= 11 is 1.73. The molecule has 0 fully saturated rings. The van der Waals surface area contributed by atoms with Crippen molar-refractivity contribution in [3.63, 3.8) is 0 Å². The highest BCUT2D eigenvalue weighted by Gasteiger charge is 2.20. The minimum atomic E-state index is 0. The summed E-state index contributed by atoms with van der Waals surface area (Å²) in [5.74, 6) is 2.15. The number of rotatable bonds is 9. The van der Waals surface area contributed by atoms with Crippen LogP contribution >= 0.6 is 65.3 Å². The fraction of sp³-hybridized carbons (Fsp3) is 0.562. The molecule has 0 aliphatic heterocycles. The molecule has 0 saturated carbocycles. The fourth-order valence-electron chi connectivity index (χ4n) is 2.30. The van der Waals surface area contributed by atoms with Gasteiger partial charge in [0.05, 0.1) is 29.5 Å². The van der Waals surface area contributed by atoms with Crippen LogP contribution < -0.4 is 14.2 Å². The van der Waals surface area contributed by atoms with E-state index >= 15 is 0 Å². The molecule has 154 valence electrons. The molecule has 1 aromatic heterocycles. The van der Waals surface area contributed by atoms with Crippen molar-refractivity contribution >= 4 is 85.8 Å². The lowest BCUT2D eigenvalue weighted by atomic mass is 10.2. The maximum absolute atomic E-state index is 5.85. The van der Waals surface area contributed by atoms with Gasteiger partial charge in [-0.05, 0) is 27.2 Å². The van der Waals surface area contributed by atoms with Crippen LogP contribution in [-0.2, 0) is 6.42 Å². The minimum Gasteiger partial charge on any atom is -0.490 e. The fourth-order valence-corrected chi connectivity index (χ4v) is 3.69. The zero-order valence-corrected chi connectivity index (χ0v) is 22.7. The van der Waals surface area contributed by atoms with Gasteiger partial charge in [-0.15, -0.1) is 11.3 Å². The van der Waals surface area contributed by atoms with E-state index in [-0.39, 0.29) is 54.0 Å². The number of hydrogen-bond donors (Lipinski definition) is 0. The third-order valence-electron chi connectivity index (χ3n) is 3.23. The van der Waals surface area contributed by atoms with E-state index in [9.17, 15) is 0 Å². The van der Waals surface area contributed by atoms with E-state index in [4.69, 9.17) is 19.2 Å². The Morgan fingerprint density at radius 2 is 1.50 bits per heavy atom. The molecule has 1 aromatic carbocycles. The Kier molecular flexibility index (Phi) is 19.1. The van der Waals surface area contributed by atoms with Crippen LogP contribution in [0.4, 0.5) is 0 Å². The zero-order valence-electron chi connectivity index (χ0n) is 15.9. The highest BCUT2D eigenvalue weighted by molar-refractivity contribution is 7.59. The molecule has 0 aliphatic carbocycles. The molecule has 0 N–H and O–H groups in total. The van der Waals surface area contributed by atoms with Crippen molar-refractivity contribution in [2.24, 2.45) is 0 Å². The highest BCUT2D eigenvalue weighted by atomic mass is 32.1. The van der Waals surface area contributed by atoms with Gasteiger partial charge in [0.2, 0.25) is 5.75 Å². The standard InChI is InChI=1S/C16H25NO3SSi.4H2S/c1-4-18-11-10-12-14(17-13(21-12)8-7-9-22)16(20-6-3)15(11)19-5-2;;;;/h10H,4-9H2,1-3,22H3;4*1H2. The molecule has 0 unspecified atom stereocenters. The predicted molar refractivity (Wildman–Crippen MR) is 138 cm³/mol. The molecular formula is C16H33NO3S5Si. The van der Waals surface area contributed by atoms with Gasteiger partial charge in [-0.3, -0.25) is 0 Å². The molecule has 2 aromatic rings. The van der Waals surface area contributed by atoms with Gasteiger partial charge in [-0.1, -0.05) is 12.5 Å². The second kappa shape index (κ2) is 16.1. The summed E-state index contributed by atoms with van der Waals surface area (Å²) in [5, 5.41) is 1.17. The summed E-state index contributed by atoms with van der Waals surface area (Å²) in [7, 11) is 1.25. The third kappa shape index (κ3) is 7.63. The largest absolute Gasteiger partial charge is 0.490 e. The smallest absolute Gasteiger partial charge is 0.205 e. The number of hydrogen-bond acceptors (Lipinski definition) is 5. The normalized spacial score (nSPS) is 9.35. The number of ether oxygens (including phenoxy) is 3. The maximum atomic E-state index is 5.85. The number of benzene rings is 1. The first-order chi connectivity index (χ1) is 10.7. The summed E-state index contributed by atoms with van der Waals surface area (Å²) in [6, 6.07) is 3.34. The van der Waals surface area contributed by atoms with Crippen LogP contribution in [0.2, 0.25) is 6.04 Å². The van der Waals surface area contributed by atoms with Crippen molar-refractivity contribution < 1.29 is 14.2 Å². The van der Waals surface area contributed by atoms with E-state index in [1.165, 1.54) is 27.7 Å². The average Bonchev–Trinajstić information content (AvgIpc) is 2.91. The second-order valence-electron chi connectivity index (χ2n) is 4.89. The average molecular weight is 476 g/mol. The van der Waals surface area contributed by atoms with E-state index in [2.05, 4.69) is 0 Å². The quantitative estimate of drug-likeness (QED) is 0.519. The highest BCUT2D eigenvalue weighted by Crippen LogP contribution is 2.45. The van der Waals surface area contributed by atoms with Crippen molar-refractivity contribution in [2.75, 3.05) is 19.8 Å². The predicted octanol–water partition coefficient (Wildman–Crippen LogP) is 3.66. The van der Waals surface area contributed by atoms with Crippen LogP contribution in [0, 0.1) is 0 Å². The summed E-state index contributed by atoms with van der Waals surface area (Å²) < 4.78 is 18.5. The van der Waals surface area contributed by atoms with Gasteiger partial charge in [-0.2, -0.15) is 54.0 Å². The van der Waals surface area contributed by atoms with E-state index in [1.54, 1.807) is 11.3 Å². The van der Waals surface area contributed by atoms with Crippen LogP contribution in [0.3, 0.4) is 0 Å². The molecule has 26 heavy (non-hydrogen) atoms. The van der Waals surface area contributed by atoms with Gasteiger partial charge >= 0.3 is 0 Å². The van der Waals surface area contributed by atoms with Gasteiger partial charge in [0.15, 0.2) is 11.5 Å². The Balaban J connectivity index is -0.00000132. The van der Waals surface area contributed by atoms with Crippen LogP contribution in [-0.4, -0.2) is 35.0 Å². The van der Waals surface area contributed by atoms with E-state index in [0.29, 0.717) is 25.6 Å². The Morgan fingerprint density at radius 1 is 0.923 bits per heavy atom. The molecule has 0 amide bonds. The van der Waals surface area contributed by atoms with Gasteiger partial charge in [-0.25, -0.2) is 4.98 Å². The molecule has 10 heteroatoms. The van der Waals surface area contributed by atoms with Gasteiger partial charge in [0.25, 0.3) is 0 Å². The molecule has 0 radical (unpaired) electrons. The van der Waals surface area contributed by atoms with E-state index in [0.717, 1.165) is 28.1 Å². The Morgan fingerprint density at radius 3 is 2.04 bits per heavy atom. The number of nitrogens with zero attached hydrogens (tertiary/aromatic N) is 1. The van der Waals surface area contributed by atoms with Crippen molar-refractivity contribution in [1.29, 1.82) is 0 Å². The number of thiazole rings is 1. The van der Waals surface area contributed by atoms with Gasteiger partial charge in [0.1, 0.15) is 5.52 Å². The Hall–Kier alpha value is 0.127. The molecule has 0 spiro atoms. The number of aryl methyl sites for hydroxylation is 1. The molecule has 2 rings (SSSR count). The van der Waals surface area contributed by atoms with Crippen molar-refractivity contribution in [3.05, 3.63) is 11.1 Å². The first-order valence-corrected chi connectivity index (χ1v) is 10.3. The lowest BCUT2D eigenvalue weighted by Crippen LogP contribution is -2.03. The van der Waals surface area contributed by atoms with Gasteiger partial charge in [0, 0.05) is 16.3 Å². The van der Waals surface area contributed by atoms with E-state index < -0.39 is 0 Å². The topological polar surface area (TPSA) is 40.6 Å². The first kappa shape index (κ1) is 30.8. The van der Waals surface area contributed by atoms with Crippen molar-refractivity contribution in [1.82, 2.24) is 4.98 Å². The SMILES string of the molecule is CCOc1cc2sc(CCC[SiH3])nc2c(OCC)c1OCC.S.S.S.S. The van der Waals surface area contributed by atoms with Crippen LogP contribution in [0.25, 0.3) is 10.2 Å². The molecule has 0 saturated heterocycles. The van der Waals surface area contributed by atoms with Crippen LogP contribution in [0.5, 0.6) is 17.2 Å². The van der Waals surface area contributed by atoms with E-state index in [1.807, 2.05) is 26.8 Å². The Bertz CT molecular complexity index is 627. The molecule has 0 aliphatic rings. The molecule has 4 nitrogen and oxygen atoms in total. The number of fused-ring (bicyclic) bond motifs is 1. The lowest BCUT2D eigenvalue weighted by molar-refractivity contribution is 0.263. The zero-order chi connectivity index (χ0) is 15.9. The van der Waals surface area contributed by atoms with Crippen LogP contribution in [0.15, 0.2) is 6.07 Å². The molecule has 0 atom stereocenters. The molecule has 0 bridgehead atoms. The van der Waals surface area contributed by atoms with Crippen molar-refractivity contribution in [2.45, 2.75) is 39.7 Å². The first-order valence-electron chi connectivity index (χ1n) is 8.09. The summed E-state index contributed by atoms with van der Waals surface area (Å²) in [6.45, 7) is 7.67. The summed E-state index contributed by atoms with van der Waals surface area (Å²) in [6.07, 6.45) is 2.26. The van der Waals surface area contributed by atoms with Crippen LogP contribution in [0.1, 0.15) is 32.2 Å². The van der Waals surface area contributed by atoms with Gasteiger partial charge < -0.3 is 14.2 Å². The lowest BCUT2D eigenvalue weighted by Gasteiger charge is -2.15. The monoisotopic (exact) mass is 475 g/mol. The molecule has 1 heterocycles. The summed E-state index contributed by atoms with van der Waals surface area (Å²) in [5.41, 5.74) is 0.905. The molecular weight excluding hydrogens is 443 g/mol. The minimum absolute atomic E-state index is 0.